The van der Waals surface area contributed by atoms with Crippen LogP contribution in [0.4, 0.5) is 0 Å². The van der Waals surface area contributed by atoms with E-state index in [0.29, 0.717) is 5.92 Å². The Balaban J connectivity index is 3.18. The molecule has 1 N–H and O–H groups in total. The predicted octanol–water partition coefficient (Wildman–Crippen LogP) is 3.68. The number of hydrogen-bond acceptors (Lipinski definition) is 2. The average molecular weight is 280 g/mol. The van der Waals surface area contributed by atoms with Crippen LogP contribution in [0.5, 0.6) is 0 Å². The lowest BCUT2D eigenvalue weighted by Gasteiger charge is -2.38. The summed E-state index contributed by atoms with van der Waals surface area (Å²) < 4.78 is 5.71. The largest absolute Gasteiger partial charge is 0.396 e. The molecule has 0 heterocycles. The topological polar surface area (TPSA) is 29.5 Å². The zero-order valence-corrected chi connectivity index (χ0v) is 14.1. The van der Waals surface area contributed by atoms with Gasteiger partial charge in [0, 0.05) is 13.0 Å². The molecular weight excluding hydrogens is 252 g/mol. The minimum atomic E-state index is -1.66. The summed E-state index contributed by atoms with van der Waals surface area (Å²) in [5, 5.41) is 10.8. The van der Waals surface area contributed by atoms with Crippen LogP contribution in [0.2, 0.25) is 19.6 Å². The maximum atomic E-state index is 10.8. The number of aliphatic hydroxyl groups excluding tert-OH is 1. The second-order valence-corrected chi connectivity index (χ2v) is 12.0. The Labute approximate surface area is 118 Å². The van der Waals surface area contributed by atoms with Gasteiger partial charge in [-0.25, -0.2) is 0 Å². The number of benzene rings is 1. The van der Waals surface area contributed by atoms with E-state index in [-0.39, 0.29) is 17.7 Å². The number of methoxy groups -OCH3 is 1. The van der Waals surface area contributed by atoms with Crippen LogP contribution in [0, 0.1) is 5.92 Å². The SMILES string of the molecule is CO[C@@H](C(C)C)[C@H](c1ccccc1)[C@@H](O)[Si](C)(C)C. The molecule has 0 aliphatic rings. The molecule has 0 bridgehead atoms. The lowest BCUT2D eigenvalue weighted by molar-refractivity contribution is 0.0135. The highest BCUT2D eigenvalue weighted by atomic mass is 28.3. The molecule has 108 valence electrons. The number of aliphatic hydroxyl groups is 1. The first kappa shape index (κ1) is 16.4. The predicted molar refractivity (Wildman–Crippen MR) is 84.2 cm³/mol. The molecule has 19 heavy (non-hydrogen) atoms. The van der Waals surface area contributed by atoms with E-state index in [9.17, 15) is 5.11 Å². The van der Waals surface area contributed by atoms with Gasteiger partial charge < -0.3 is 9.84 Å². The first-order valence-electron chi connectivity index (χ1n) is 7.04. The maximum absolute atomic E-state index is 10.8. The first-order valence-corrected chi connectivity index (χ1v) is 10.6. The minimum Gasteiger partial charge on any atom is -0.396 e. The fourth-order valence-corrected chi connectivity index (χ4v) is 4.06. The van der Waals surface area contributed by atoms with E-state index in [1.54, 1.807) is 7.11 Å². The Morgan fingerprint density at radius 2 is 1.58 bits per heavy atom. The molecule has 1 rings (SSSR count). The number of rotatable bonds is 6. The van der Waals surface area contributed by atoms with Crippen LogP contribution in [-0.2, 0) is 4.74 Å². The molecule has 3 atom stereocenters. The third-order valence-corrected chi connectivity index (χ3v) is 5.83. The molecule has 2 nitrogen and oxygen atoms in total. The molecule has 0 aliphatic carbocycles. The van der Waals surface area contributed by atoms with Crippen molar-refractivity contribution in [2.45, 2.75) is 51.2 Å². The van der Waals surface area contributed by atoms with Crippen molar-refractivity contribution in [3.8, 4) is 0 Å². The zero-order chi connectivity index (χ0) is 14.6. The summed E-state index contributed by atoms with van der Waals surface area (Å²) in [5.41, 5.74) is 0.875. The van der Waals surface area contributed by atoms with Gasteiger partial charge in [-0.05, 0) is 11.5 Å². The van der Waals surface area contributed by atoms with Crippen LogP contribution in [-0.4, -0.2) is 32.1 Å². The molecule has 0 saturated carbocycles. The molecule has 3 heteroatoms. The summed E-state index contributed by atoms with van der Waals surface area (Å²) in [6, 6.07) is 10.3. The Morgan fingerprint density at radius 1 is 1.05 bits per heavy atom. The third kappa shape index (κ3) is 4.16. The van der Waals surface area contributed by atoms with E-state index < -0.39 is 8.07 Å². The van der Waals surface area contributed by atoms with Crippen LogP contribution in [0.1, 0.15) is 25.3 Å². The van der Waals surface area contributed by atoms with E-state index in [4.69, 9.17) is 4.74 Å². The van der Waals surface area contributed by atoms with E-state index >= 15 is 0 Å². The van der Waals surface area contributed by atoms with Crippen molar-refractivity contribution in [3.05, 3.63) is 35.9 Å². The van der Waals surface area contributed by atoms with Crippen LogP contribution in [0.3, 0.4) is 0 Å². The Kier molecular flexibility index (Phi) is 5.77. The number of ether oxygens (including phenoxy) is 1. The fourth-order valence-electron chi connectivity index (χ4n) is 2.60. The highest BCUT2D eigenvalue weighted by molar-refractivity contribution is 6.77. The molecule has 1 aromatic carbocycles. The van der Waals surface area contributed by atoms with Gasteiger partial charge in [0.25, 0.3) is 0 Å². The third-order valence-electron chi connectivity index (χ3n) is 3.70. The molecule has 0 unspecified atom stereocenters. The molecule has 0 saturated heterocycles. The monoisotopic (exact) mass is 280 g/mol. The van der Waals surface area contributed by atoms with Crippen molar-refractivity contribution in [2.24, 2.45) is 5.92 Å². The average Bonchev–Trinajstić information content (AvgIpc) is 2.34. The molecule has 0 aromatic heterocycles. The van der Waals surface area contributed by atoms with Crippen molar-refractivity contribution in [1.82, 2.24) is 0 Å². The van der Waals surface area contributed by atoms with Gasteiger partial charge >= 0.3 is 0 Å². The summed E-state index contributed by atoms with van der Waals surface area (Å²) in [5.74, 6) is 0.430. The van der Waals surface area contributed by atoms with Crippen molar-refractivity contribution < 1.29 is 9.84 Å². The fraction of sp³-hybridized carbons (Fsp3) is 0.625. The molecule has 0 amide bonds. The number of hydrogen-bond donors (Lipinski definition) is 1. The summed E-state index contributed by atoms with van der Waals surface area (Å²) in [4.78, 5) is 0. The van der Waals surface area contributed by atoms with Crippen molar-refractivity contribution in [1.29, 1.82) is 0 Å². The van der Waals surface area contributed by atoms with Crippen LogP contribution < -0.4 is 0 Å². The summed E-state index contributed by atoms with van der Waals surface area (Å²) in [6.07, 6.45) is 0.0455. The van der Waals surface area contributed by atoms with Gasteiger partial charge in [-0.2, -0.15) is 0 Å². The lowest BCUT2D eigenvalue weighted by atomic mass is 9.87. The Morgan fingerprint density at radius 3 is 1.95 bits per heavy atom. The van der Waals surface area contributed by atoms with Crippen molar-refractivity contribution >= 4 is 8.07 Å². The zero-order valence-electron chi connectivity index (χ0n) is 13.1. The maximum Gasteiger partial charge on any atom is 0.0790 e. The van der Waals surface area contributed by atoms with Gasteiger partial charge in [-0.15, -0.1) is 0 Å². The van der Waals surface area contributed by atoms with Gasteiger partial charge in [0.05, 0.1) is 19.9 Å². The highest BCUT2D eigenvalue weighted by Gasteiger charge is 2.39. The molecular formula is C16H28O2Si. The summed E-state index contributed by atoms with van der Waals surface area (Å²) in [6.45, 7) is 10.9. The van der Waals surface area contributed by atoms with Gasteiger partial charge in [0.1, 0.15) is 0 Å². The van der Waals surface area contributed by atoms with E-state index in [1.165, 1.54) is 5.56 Å². The molecule has 0 radical (unpaired) electrons. The van der Waals surface area contributed by atoms with Crippen molar-refractivity contribution in [3.63, 3.8) is 0 Å². The van der Waals surface area contributed by atoms with E-state index in [1.807, 2.05) is 18.2 Å². The van der Waals surface area contributed by atoms with Gasteiger partial charge in [-0.3, -0.25) is 0 Å². The van der Waals surface area contributed by atoms with E-state index in [2.05, 4.69) is 45.6 Å². The molecule has 0 fully saturated rings. The van der Waals surface area contributed by atoms with Gasteiger partial charge in [-0.1, -0.05) is 63.8 Å². The second kappa shape index (κ2) is 6.68. The summed E-state index contributed by atoms with van der Waals surface area (Å²) in [7, 11) is 0.0917. The molecule has 0 aliphatic heterocycles. The molecule has 0 spiro atoms. The molecule has 1 aromatic rings. The Hall–Kier alpha value is -0.643. The quantitative estimate of drug-likeness (QED) is 0.806. The highest BCUT2D eigenvalue weighted by Crippen LogP contribution is 2.33. The van der Waals surface area contributed by atoms with Crippen molar-refractivity contribution in [2.75, 3.05) is 7.11 Å². The standard InChI is InChI=1S/C16H28O2Si/c1-12(2)15(18-3)14(16(17)19(4,5)6)13-10-8-7-9-11-13/h7-12,14-17H,1-6H3/t14-,15-,16-/m0/s1. The van der Waals surface area contributed by atoms with E-state index in [0.717, 1.165) is 0 Å². The summed E-state index contributed by atoms with van der Waals surface area (Å²) >= 11 is 0. The first-order chi connectivity index (χ1) is 8.79. The van der Waals surface area contributed by atoms with Gasteiger partial charge in [0.15, 0.2) is 0 Å². The normalized spacial score (nSPS) is 17.3. The minimum absolute atomic E-state index is 0.0455. The van der Waals surface area contributed by atoms with Crippen LogP contribution >= 0.6 is 0 Å². The lowest BCUT2D eigenvalue weighted by Crippen LogP contribution is -2.48. The van der Waals surface area contributed by atoms with Gasteiger partial charge in [0.2, 0.25) is 0 Å². The Bertz CT molecular complexity index is 368. The second-order valence-electron chi connectivity index (χ2n) is 6.69. The van der Waals surface area contributed by atoms with Crippen LogP contribution in [0.15, 0.2) is 30.3 Å². The smallest absolute Gasteiger partial charge is 0.0790 e. The van der Waals surface area contributed by atoms with Crippen LogP contribution in [0.25, 0.3) is 0 Å².